The number of amides is 1. The monoisotopic (exact) mass is 360 g/mol. The molecule has 1 amide bonds. The van der Waals surface area contributed by atoms with Gasteiger partial charge in [0, 0.05) is 10.9 Å². The maximum atomic E-state index is 13.7. The zero-order valence-corrected chi connectivity index (χ0v) is 14.4. The van der Waals surface area contributed by atoms with Gasteiger partial charge in [-0.3, -0.25) is 4.79 Å². The van der Waals surface area contributed by atoms with Crippen molar-refractivity contribution in [2.75, 3.05) is 0 Å². The molecule has 1 heterocycles. The van der Waals surface area contributed by atoms with E-state index in [0.717, 1.165) is 21.8 Å². The zero-order valence-electron chi connectivity index (χ0n) is 12.8. The molecule has 3 rings (SSSR count). The minimum Gasteiger partial charge on any atom is -0.346 e. The number of aromatic nitrogens is 1. The maximum absolute atomic E-state index is 13.7. The number of benzene rings is 2. The van der Waals surface area contributed by atoms with Crippen LogP contribution >= 0.6 is 22.9 Å². The first-order valence-corrected chi connectivity index (χ1v) is 8.54. The second-order valence-corrected chi connectivity index (χ2v) is 6.50. The average molecular weight is 361 g/mol. The first kappa shape index (κ1) is 16.6. The minimum atomic E-state index is -0.640. The van der Waals surface area contributed by atoms with Crippen LogP contribution < -0.4 is 5.32 Å². The fraction of sp³-hybridized carbons (Fsp3) is 0.111. The lowest BCUT2D eigenvalue weighted by atomic mass is 10.1. The van der Waals surface area contributed by atoms with Crippen molar-refractivity contribution in [1.82, 2.24) is 10.3 Å². The van der Waals surface area contributed by atoms with Crippen LogP contribution in [0.1, 0.15) is 21.6 Å². The Morgan fingerprint density at radius 1 is 1.25 bits per heavy atom. The molecule has 1 N–H and O–H groups in total. The predicted octanol–water partition coefficient (Wildman–Crippen LogP) is 4.84. The summed E-state index contributed by atoms with van der Waals surface area (Å²) in [6, 6.07) is 12.1. The number of halogens is 2. The van der Waals surface area contributed by atoms with E-state index in [1.807, 2.05) is 36.6 Å². The van der Waals surface area contributed by atoms with Crippen molar-refractivity contribution in [2.45, 2.75) is 13.5 Å². The third kappa shape index (κ3) is 3.47. The highest BCUT2D eigenvalue weighted by atomic mass is 35.5. The van der Waals surface area contributed by atoms with Gasteiger partial charge in [0.2, 0.25) is 0 Å². The number of aryl methyl sites for hydroxylation is 1. The molecule has 0 aliphatic carbocycles. The van der Waals surface area contributed by atoms with Crippen LogP contribution in [0.25, 0.3) is 10.6 Å². The minimum absolute atomic E-state index is 0.0892. The fourth-order valence-corrected chi connectivity index (χ4v) is 3.46. The standard InChI is InChI=1S/C18H14ClFN2OS/c1-11-5-2-3-6-13(11)18-22-12(10-24-18)9-21-17(23)16-14(19)7-4-8-15(16)20/h2-8,10H,9H2,1H3,(H,21,23). The SMILES string of the molecule is Cc1ccccc1-c1nc(CNC(=O)c2c(F)cccc2Cl)cs1. The molecule has 0 bridgehead atoms. The van der Waals surface area contributed by atoms with Gasteiger partial charge < -0.3 is 5.32 Å². The number of nitrogens with one attached hydrogen (secondary N) is 1. The fourth-order valence-electron chi connectivity index (χ4n) is 2.30. The lowest BCUT2D eigenvalue weighted by molar-refractivity contribution is 0.0946. The number of rotatable bonds is 4. The molecular formula is C18H14ClFN2OS. The Morgan fingerprint density at radius 3 is 2.79 bits per heavy atom. The third-order valence-electron chi connectivity index (χ3n) is 3.55. The van der Waals surface area contributed by atoms with E-state index in [1.54, 1.807) is 0 Å². The number of carbonyl (C=O) groups is 1. The van der Waals surface area contributed by atoms with E-state index in [2.05, 4.69) is 10.3 Å². The van der Waals surface area contributed by atoms with Crippen molar-refractivity contribution < 1.29 is 9.18 Å². The summed E-state index contributed by atoms with van der Waals surface area (Å²) in [5.41, 5.74) is 2.78. The van der Waals surface area contributed by atoms with E-state index in [9.17, 15) is 9.18 Å². The van der Waals surface area contributed by atoms with Gasteiger partial charge in [0.05, 0.1) is 22.8 Å². The first-order valence-electron chi connectivity index (χ1n) is 7.29. The summed E-state index contributed by atoms with van der Waals surface area (Å²) in [5.74, 6) is -1.19. The Hall–Kier alpha value is -2.24. The normalized spacial score (nSPS) is 10.6. The maximum Gasteiger partial charge on any atom is 0.256 e. The van der Waals surface area contributed by atoms with Gasteiger partial charge in [-0.25, -0.2) is 9.37 Å². The number of hydrogen-bond acceptors (Lipinski definition) is 3. The Labute approximate surface area is 148 Å². The van der Waals surface area contributed by atoms with Crippen molar-refractivity contribution >= 4 is 28.8 Å². The molecular weight excluding hydrogens is 347 g/mol. The van der Waals surface area contributed by atoms with Crippen LogP contribution in [0.2, 0.25) is 5.02 Å². The number of thiazole rings is 1. The summed E-state index contributed by atoms with van der Waals surface area (Å²) in [5, 5.41) is 5.52. The highest BCUT2D eigenvalue weighted by Crippen LogP contribution is 2.26. The van der Waals surface area contributed by atoms with Crippen LogP contribution in [0.15, 0.2) is 47.8 Å². The topological polar surface area (TPSA) is 42.0 Å². The van der Waals surface area contributed by atoms with Gasteiger partial charge >= 0.3 is 0 Å². The van der Waals surface area contributed by atoms with Gasteiger partial charge in [0.1, 0.15) is 10.8 Å². The lowest BCUT2D eigenvalue weighted by Gasteiger charge is -2.06. The second-order valence-electron chi connectivity index (χ2n) is 5.24. The molecule has 0 aliphatic rings. The van der Waals surface area contributed by atoms with Crippen LogP contribution in [0.4, 0.5) is 4.39 Å². The molecule has 24 heavy (non-hydrogen) atoms. The highest BCUT2D eigenvalue weighted by molar-refractivity contribution is 7.13. The molecule has 0 atom stereocenters. The van der Waals surface area contributed by atoms with E-state index in [1.165, 1.54) is 29.5 Å². The third-order valence-corrected chi connectivity index (χ3v) is 4.79. The highest BCUT2D eigenvalue weighted by Gasteiger charge is 2.16. The van der Waals surface area contributed by atoms with Crippen LogP contribution in [0.3, 0.4) is 0 Å². The molecule has 1 aromatic heterocycles. The molecule has 3 nitrogen and oxygen atoms in total. The van der Waals surface area contributed by atoms with Crippen molar-refractivity contribution in [1.29, 1.82) is 0 Å². The molecule has 0 radical (unpaired) electrons. The molecule has 0 saturated carbocycles. The molecule has 122 valence electrons. The average Bonchev–Trinajstić information content (AvgIpc) is 3.02. The van der Waals surface area contributed by atoms with Crippen molar-refractivity contribution in [3.8, 4) is 10.6 Å². The molecule has 6 heteroatoms. The molecule has 0 spiro atoms. The molecule has 0 aliphatic heterocycles. The summed E-state index contributed by atoms with van der Waals surface area (Å²) < 4.78 is 13.7. The summed E-state index contributed by atoms with van der Waals surface area (Å²) in [4.78, 5) is 16.7. The second kappa shape index (κ2) is 7.11. The van der Waals surface area contributed by atoms with Gasteiger partial charge in [-0.1, -0.05) is 41.9 Å². The van der Waals surface area contributed by atoms with Crippen LogP contribution in [-0.4, -0.2) is 10.9 Å². The summed E-state index contributed by atoms with van der Waals surface area (Å²) >= 11 is 7.40. The Balaban J connectivity index is 1.72. The van der Waals surface area contributed by atoms with Gasteiger partial charge in [-0.15, -0.1) is 11.3 Å². The zero-order chi connectivity index (χ0) is 17.1. The quantitative estimate of drug-likeness (QED) is 0.723. The smallest absolute Gasteiger partial charge is 0.256 e. The van der Waals surface area contributed by atoms with Gasteiger partial charge in [-0.05, 0) is 24.6 Å². The molecule has 0 unspecified atom stereocenters. The van der Waals surface area contributed by atoms with Crippen LogP contribution in [-0.2, 0) is 6.54 Å². The molecule has 3 aromatic rings. The van der Waals surface area contributed by atoms with Gasteiger partial charge in [-0.2, -0.15) is 0 Å². The Kier molecular flexibility index (Phi) is 4.92. The van der Waals surface area contributed by atoms with E-state index < -0.39 is 11.7 Å². The number of hydrogen-bond donors (Lipinski definition) is 1. The summed E-state index contributed by atoms with van der Waals surface area (Å²) in [6.45, 7) is 2.24. The van der Waals surface area contributed by atoms with E-state index >= 15 is 0 Å². The van der Waals surface area contributed by atoms with Crippen LogP contribution in [0, 0.1) is 12.7 Å². The van der Waals surface area contributed by atoms with E-state index in [-0.39, 0.29) is 17.1 Å². The van der Waals surface area contributed by atoms with Gasteiger partial charge in [0.25, 0.3) is 5.91 Å². The van der Waals surface area contributed by atoms with Crippen LogP contribution in [0.5, 0.6) is 0 Å². The van der Waals surface area contributed by atoms with E-state index in [4.69, 9.17) is 11.6 Å². The Bertz CT molecular complexity index is 874. The summed E-state index contributed by atoms with van der Waals surface area (Å²) in [7, 11) is 0. The van der Waals surface area contributed by atoms with Crippen molar-refractivity contribution in [3.63, 3.8) is 0 Å². The van der Waals surface area contributed by atoms with E-state index in [0.29, 0.717) is 0 Å². The van der Waals surface area contributed by atoms with Crippen molar-refractivity contribution in [2.24, 2.45) is 0 Å². The number of nitrogens with zero attached hydrogens (tertiary/aromatic N) is 1. The molecule has 0 saturated heterocycles. The summed E-state index contributed by atoms with van der Waals surface area (Å²) in [6.07, 6.45) is 0. The largest absolute Gasteiger partial charge is 0.346 e. The predicted molar refractivity (Wildman–Crippen MR) is 94.9 cm³/mol. The van der Waals surface area contributed by atoms with Crippen molar-refractivity contribution in [3.05, 3.63) is 75.5 Å². The Morgan fingerprint density at radius 2 is 2.04 bits per heavy atom. The molecule has 2 aromatic carbocycles. The van der Waals surface area contributed by atoms with Gasteiger partial charge in [0.15, 0.2) is 0 Å². The number of carbonyl (C=O) groups excluding carboxylic acids is 1. The lowest BCUT2D eigenvalue weighted by Crippen LogP contribution is -2.24. The molecule has 0 fully saturated rings. The first-order chi connectivity index (χ1) is 11.6.